The van der Waals surface area contributed by atoms with Crippen LogP contribution in [0.3, 0.4) is 0 Å². The van der Waals surface area contributed by atoms with Gasteiger partial charge in [0.25, 0.3) is 0 Å². The summed E-state index contributed by atoms with van der Waals surface area (Å²) in [6.45, 7) is 0. The molecule has 0 radical (unpaired) electrons. The second kappa shape index (κ2) is 4.41. The first-order valence-corrected chi connectivity index (χ1v) is 6.02. The highest BCUT2D eigenvalue weighted by Crippen LogP contribution is 2.31. The van der Waals surface area contributed by atoms with E-state index in [0.29, 0.717) is 5.69 Å². The number of ether oxygens (including phenoxy) is 1. The molecule has 3 rings (SSSR count). The molecule has 0 amide bonds. The van der Waals surface area contributed by atoms with Gasteiger partial charge in [-0.1, -0.05) is 0 Å². The molecule has 0 spiro atoms. The number of aromatic nitrogens is 3. The second-order valence-corrected chi connectivity index (χ2v) is 4.51. The number of nitrogens with one attached hydrogen (secondary N) is 1. The van der Waals surface area contributed by atoms with Crippen molar-refractivity contribution in [3.8, 4) is 17.0 Å². The number of aryl methyl sites for hydroxylation is 1. The molecule has 3 aromatic rings. The predicted octanol–water partition coefficient (Wildman–Crippen LogP) is 2.28. The van der Waals surface area contributed by atoms with Gasteiger partial charge in [0.15, 0.2) is 0 Å². The Morgan fingerprint density at radius 1 is 1.40 bits per heavy atom. The molecule has 0 unspecified atom stereocenters. The highest BCUT2D eigenvalue weighted by Gasteiger charge is 2.14. The predicted molar refractivity (Wildman–Crippen MR) is 74.0 cm³/mol. The molecule has 2 aromatic heterocycles. The molecular weight excluding hydrogens is 258 g/mol. The minimum atomic E-state index is -1.02. The number of aromatic carboxylic acids is 1. The maximum absolute atomic E-state index is 10.9. The molecule has 0 atom stereocenters. The molecule has 20 heavy (non-hydrogen) atoms. The van der Waals surface area contributed by atoms with Gasteiger partial charge in [0, 0.05) is 30.3 Å². The number of carbonyl (C=O) groups is 1. The van der Waals surface area contributed by atoms with Crippen LogP contribution >= 0.6 is 0 Å². The maximum atomic E-state index is 10.9. The van der Waals surface area contributed by atoms with Crippen molar-refractivity contribution in [2.24, 2.45) is 7.05 Å². The Balaban J connectivity index is 2.18. The molecule has 0 saturated carbocycles. The Hall–Kier alpha value is -2.76. The van der Waals surface area contributed by atoms with Crippen LogP contribution in [0.1, 0.15) is 10.5 Å². The summed E-state index contributed by atoms with van der Waals surface area (Å²) in [4.78, 5) is 10.9. The van der Waals surface area contributed by atoms with Gasteiger partial charge in [0.05, 0.1) is 18.3 Å². The fraction of sp³-hybridized carbons (Fsp3) is 0.143. The van der Waals surface area contributed by atoms with Crippen LogP contribution in [-0.2, 0) is 7.05 Å². The summed E-state index contributed by atoms with van der Waals surface area (Å²) in [6, 6.07) is 7.28. The lowest BCUT2D eigenvalue weighted by molar-refractivity contribution is 0.0690. The van der Waals surface area contributed by atoms with E-state index in [4.69, 9.17) is 9.84 Å². The fourth-order valence-electron chi connectivity index (χ4n) is 2.26. The van der Waals surface area contributed by atoms with Crippen molar-refractivity contribution in [1.29, 1.82) is 0 Å². The van der Waals surface area contributed by atoms with E-state index in [1.54, 1.807) is 7.11 Å². The molecule has 6 nitrogen and oxygen atoms in total. The number of rotatable bonds is 3. The Morgan fingerprint density at radius 3 is 2.85 bits per heavy atom. The Labute approximate surface area is 114 Å². The number of nitrogens with zero attached hydrogens (tertiary/aromatic N) is 2. The number of carboxylic acids is 1. The monoisotopic (exact) mass is 271 g/mol. The lowest BCUT2D eigenvalue weighted by atomic mass is 10.1. The third-order valence-corrected chi connectivity index (χ3v) is 3.28. The number of aromatic amines is 1. The van der Waals surface area contributed by atoms with Gasteiger partial charge in [0.1, 0.15) is 11.4 Å². The van der Waals surface area contributed by atoms with Crippen LogP contribution in [0.4, 0.5) is 0 Å². The molecule has 0 saturated heterocycles. The molecular formula is C14H13N3O3. The van der Waals surface area contributed by atoms with Crippen molar-refractivity contribution in [3.63, 3.8) is 0 Å². The van der Waals surface area contributed by atoms with Gasteiger partial charge in [0.2, 0.25) is 0 Å². The van der Waals surface area contributed by atoms with Crippen LogP contribution in [0.5, 0.6) is 5.75 Å². The Bertz CT molecular complexity index is 801. The zero-order valence-corrected chi connectivity index (χ0v) is 11.0. The average Bonchev–Trinajstić information content (AvgIpc) is 3.04. The first-order valence-electron chi connectivity index (χ1n) is 6.02. The lowest BCUT2D eigenvalue weighted by Crippen LogP contribution is -1.95. The SMILES string of the molecule is COc1ccc2c(-c3cc(C(=O)O)[nH]n3)cn(C)c2c1. The van der Waals surface area contributed by atoms with Crippen molar-refractivity contribution in [3.05, 3.63) is 36.2 Å². The molecule has 102 valence electrons. The lowest BCUT2D eigenvalue weighted by Gasteiger charge is -2.01. The van der Waals surface area contributed by atoms with Crippen LogP contribution in [0.2, 0.25) is 0 Å². The number of fused-ring (bicyclic) bond motifs is 1. The first-order chi connectivity index (χ1) is 9.60. The summed E-state index contributed by atoms with van der Waals surface area (Å²) in [6.07, 6.45) is 1.92. The standard InChI is InChI=1S/C14H13N3O3/c1-17-7-10(11-6-12(14(18)19)16-15-11)9-4-3-8(20-2)5-13(9)17/h3-7H,1-2H3,(H,15,16)(H,18,19). The fourth-order valence-corrected chi connectivity index (χ4v) is 2.26. The van der Waals surface area contributed by atoms with E-state index in [-0.39, 0.29) is 5.69 Å². The highest BCUT2D eigenvalue weighted by atomic mass is 16.5. The summed E-state index contributed by atoms with van der Waals surface area (Å²) in [7, 11) is 3.55. The molecule has 2 N–H and O–H groups in total. The van der Waals surface area contributed by atoms with Gasteiger partial charge < -0.3 is 14.4 Å². The van der Waals surface area contributed by atoms with Crippen molar-refractivity contribution in [2.45, 2.75) is 0 Å². The normalized spacial score (nSPS) is 10.9. The molecule has 0 bridgehead atoms. The van der Waals surface area contributed by atoms with Gasteiger partial charge in [-0.15, -0.1) is 0 Å². The van der Waals surface area contributed by atoms with E-state index in [0.717, 1.165) is 22.2 Å². The summed E-state index contributed by atoms with van der Waals surface area (Å²) < 4.78 is 7.18. The molecule has 2 heterocycles. The van der Waals surface area contributed by atoms with Gasteiger partial charge >= 0.3 is 5.97 Å². The zero-order chi connectivity index (χ0) is 14.3. The van der Waals surface area contributed by atoms with Crippen LogP contribution in [0.25, 0.3) is 22.2 Å². The summed E-state index contributed by atoms with van der Waals surface area (Å²) in [5.74, 6) is -0.246. The highest BCUT2D eigenvalue weighted by molar-refractivity contribution is 5.97. The second-order valence-electron chi connectivity index (χ2n) is 4.51. The van der Waals surface area contributed by atoms with Gasteiger partial charge in [-0.25, -0.2) is 4.79 Å². The van der Waals surface area contributed by atoms with Crippen LogP contribution in [-0.4, -0.2) is 33.0 Å². The molecule has 1 aromatic carbocycles. The third kappa shape index (κ3) is 1.82. The van der Waals surface area contributed by atoms with E-state index >= 15 is 0 Å². The molecule has 6 heteroatoms. The molecule has 0 aliphatic carbocycles. The van der Waals surface area contributed by atoms with Crippen molar-refractivity contribution in [2.75, 3.05) is 7.11 Å². The Morgan fingerprint density at radius 2 is 2.20 bits per heavy atom. The largest absolute Gasteiger partial charge is 0.497 e. The number of methoxy groups -OCH3 is 1. The molecule has 0 aliphatic rings. The van der Waals surface area contributed by atoms with E-state index in [1.807, 2.05) is 36.0 Å². The third-order valence-electron chi connectivity index (χ3n) is 3.28. The Kier molecular flexibility index (Phi) is 2.71. The van der Waals surface area contributed by atoms with E-state index in [2.05, 4.69) is 10.2 Å². The first kappa shape index (κ1) is 12.3. The smallest absolute Gasteiger partial charge is 0.353 e. The zero-order valence-electron chi connectivity index (χ0n) is 11.0. The van der Waals surface area contributed by atoms with Gasteiger partial charge in [-0.3, -0.25) is 5.10 Å². The number of hydrogen-bond donors (Lipinski definition) is 2. The molecule has 0 fully saturated rings. The maximum Gasteiger partial charge on any atom is 0.353 e. The molecule has 0 aliphatic heterocycles. The minimum Gasteiger partial charge on any atom is -0.497 e. The van der Waals surface area contributed by atoms with E-state index in [1.165, 1.54) is 6.07 Å². The van der Waals surface area contributed by atoms with Crippen LogP contribution < -0.4 is 4.74 Å². The summed E-state index contributed by atoms with van der Waals surface area (Å²) in [5.41, 5.74) is 2.57. The topological polar surface area (TPSA) is 80.1 Å². The van der Waals surface area contributed by atoms with Crippen molar-refractivity contribution < 1.29 is 14.6 Å². The quantitative estimate of drug-likeness (QED) is 0.765. The van der Waals surface area contributed by atoms with Crippen molar-refractivity contribution >= 4 is 16.9 Å². The summed E-state index contributed by atoms with van der Waals surface area (Å²) >= 11 is 0. The van der Waals surface area contributed by atoms with Crippen molar-refractivity contribution in [1.82, 2.24) is 14.8 Å². The number of benzene rings is 1. The van der Waals surface area contributed by atoms with Crippen LogP contribution in [0, 0.1) is 0 Å². The summed E-state index contributed by atoms with van der Waals surface area (Å²) in [5, 5.41) is 16.5. The number of hydrogen-bond acceptors (Lipinski definition) is 3. The van der Waals surface area contributed by atoms with E-state index in [9.17, 15) is 4.79 Å². The number of carboxylic acid groups (broad SMARTS) is 1. The van der Waals surface area contributed by atoms with Crippen LogP contribution in [0.15, 0.2) is 30.5 Å². The minimum absolute atomic E-state index is 0.0746. The van der Waals surface area contributed by atoms with E-state index < -0.39 is 5.97 Å². The number of H-pyrrole nitrogens is 1. The van der Waals surface area contributed by atoms with Gasteiger partial charge in [-0.2, -0.15) is 5.10 Å². The average molecular weight is 271 g/mol. The van der Waals surface area contributed by atoms with Gasteiger partial charge in [-0.05, 0) is 18.2 Å².